The summed E-state index contributed by atoms with van der Waals surface area (Å²) in [5.74, 6) is 1.22. The highest BCUT2D eigenvalue weighted by molar-refractivity contribution is 5.96. The number of ketones is 1. The second kappa shape index (κ2) is 14.3. The van der Waals surface area contributed by atoms with Crippen molar-refractivity contribution in [2.75, 3.05) is 31.6 Å². The molecular formula is C36H45N3O5. The van der Waals surface area contributed by atoms with Gasteiger partial charge in [-0.2, -0.15) is 0 Å². The highest BCUT2D eigenvalue weighted by atomic mass is 16.5. The van der Waals surface area contributed by atoms with Crippen molar-refractivity contribution in [1.82, 2.24) is 10.6 Å². The van der Waals surface area contributed by atoms with E-state index in [4.69, 9.17) is 9.47 Å². The van der Waals surface area contributed by atoms with Gasteiger partial charge in [-0.25, -0.2) is 0 Å². The Hall–Kier alpha value is -3.88. The Labute approximate surface area is 260 Å². The number of hydrogen-bond acceptors (Lipinski definition) is 7. The predicted octanol–water partition coefficient (Wildman–Crippen LogP) is 5.34. The van der Waals surface area contributed by atoms with Gasteiger partial charge in [0.05, 0.1) is 18.8 Å². The number of nitrogens with one attached hydrogen (secondary N) is 3. The minimum absolute atomic E-state index is 0.0764. The maximum atomic E-state index is 13.7. The van der Waals surface area contributed by atoms with Crippen LogP contribution in [0.15, 0.2) is 66.7 Å². The molecule has 8 nitrogen and oxygen atoms in total. The second-order valence-corrected chi connectivity index (χ2v) is 12.5. The van der Waals surface area contributed by atoms with Crippen LogP contribution in [-0.4, -0.2) is 55.2 Å². The molecule has 1 heterocycles. The van der Waals surface area contributed by atoms with Gasteiger partial charge < -0.3 is 30.5 Å². The summed E-state index contributed by atoms with van der Waals surface area (Å²) in [6, 6.07) is 21.2. The predicted molar refractivity (Wildman–Crippen MR) is 173 cm³/mol. The topological polar surface area (TPSA) is 109 Å². The van der Waals surface area contributed by atoms with Crippen LogP contribution in [0.2, 0.25) is 0 Å². The van der Waals surface area contributed by atoms with Crippen molar-refractivity contribution >= 4 is 17.4 Å². The Morgan fingerprint density at radius 1 is 1.09 bits per heavy atom. The molecule has 3 aromatic rings. The van der Waals surface area contributed by atoms with Crippen LogP contribution in [0.5, 0.6) is 11.5 Å². The summed E-state index contributed by atoms with van der Waals surface area (Å²) < 4.78 is 11.7. The van der Waals surface area contributed by atoms with Crippen LogP contribution < -0.4 is 25.4 Å². The van der Waals surface area contributed by atoms with Crippen molar-refractivity contribution in [3.63, 3.8) is 0 Å². The summed E-state index contributed by atoms with van der Waals surface area (Å²) in [4.78, 5) is 25.3. The van der Waals surface area contributed by atoms with Crippen LogP contribution in [0.1, 0.15) is 79.4 Å². The maximum Gasteiger partial charge on any atom is 0.251 e. The standard InChI is InChI=1S/C36H45N3O5/c1-24(2)27-9-7-10-29(18-27)36(12-13-36)38-22-34(41)33-17-26-8-6-11-31(16-26)43-15-5-4-14-37-30-19-28(35(42)39-33)20-32(21-30)44-23-25(3)40/h6-11,16,18-21,24,33-34,37-38,41H,4-5,12-15,17,22-23H2,1-3H3,(H,39,42)/t33-,34+/m0/s1. The van der Waals surface area contributed by atoms with Crippen molar-refractivity contribution in [3.05, 3.63) is 89.0 Å². The van der Waals surface area contributed by atoms with Gasteiger partial charge in [0.15, 0.2) is 5.78 Å². The average Bonchev–Trinajstić information content (AvgIpc) is 3.81. The summed E-state index contributed by atoms with van der Waals surface area (Å²) >= 11 is 0. The van der Waals surface area contributed by atoms with E-state index >= 15 is 0 Å². The zero-order chi connectivity index (χ0) is 31.1. The zero-order valence-corrected chi connectivity index (χ0v) is 26.0. The molecule has 1 aliphatic heterocycles. The van der Waals surface area contributed by atoms with E-state index < -0.39 is 12.1 Å². The number of carbonyl (C=O) groups excluding carboxylic acids is 2. The summed E-state index contributed by atoms with van der Waals surface area (Å²) in [5.41, 5.74) is 4.46. The van der Waals surface area contributed by atoms with E-state index in [2.05, 4.69) is 54.1 Å². The minimum Gasteiger partial charge on any atom is -0.494 e. The van der Waals surface area contributed by atoms with Crippen molar-refractivity contribution in [3.8, 4) is 11.5 Å². The number of hydrogen-bond donors (Lipinski definition) is 4. The lowest BCUT2D eigenvalue weighted by Crippen LogP contribution is -2.50. The number of carbonyl (C=O) groups is 2. The Kier molecular flexibility index (Phi) is 10.2. The van der Waals surface area contributed by atoms with E-state index in [1.165, 1.54) is 18.1 Å². The Bertz CT molecular complexity index is 1450. The number of aliphatic hydroxyl groups excluding tert-OH is 1. The molecule has 0 saturated heterocycles. The Morgan fingerprint density at radius 2 is 1.91 bits per heavy atom. The molecule has 1 fully saturated rings. The molecule has 0 aromatic heterocycles. The second-order valence-electron chi connectivity index (χ2n) is 12.5. The first kappa shape index (κ1) is 31.5. The monoisotopic (exact) mass is 599 g/mol. The highest BCUT2D eigenvalue weighted by Gasteiger charge is 2.44. The molecule has 8 heteroatoms. The van der Waals surface area contributed by atoms with E-state index in [0.717, 1.165) is 42.7 Å². The number of fused-ring (bicyclic) bond motifs is 4. The molecule has 0 radical (unpaired) electrons. The molecule has 2 aliphatic rings. The molecule has 1 saturated carbocycles. The maximum absolute atomic E-state index is 13.7. The van der Waals surface area contributed by atoms with Crippen molar-refractivity contribution in [2.24, 2.45) is 0 Å². The van der Waals surface area contributed by atoms with E-state index in [1.54, 1.807) is 18.2 Å². The van der Waals surface area contributed by atoms with Crippen LogP contribution >= 0.6 is 0 Å². The van der Waals surface area contributed by atoms with Gasteiger partial charge in [0.1, 0.15) is 18.1 Å². The van der Waals surface area contributed by atoms with Gasteiger partial charge in [0, 0.05) is 35.9 Å². The van der Waals surface area contributed by atoms with Crippen LogP contribution in [0.4, 0.5) is 5.69 Å². The SMILES string of the molecule is CC(=O)COc1cc2cc(c1)C(=O)N[C@H]([C@H](O)CNC1(c3cccc(C(C)C)c3)CC1)Cc1cccc(c1)OCCCCN2. The van der Waals surface area contributed by atoms with Crippen molar-refractivity contribution in [1.29, 1.82) is 0 Å². The number of anilines is 1. The molecule has 2 atom stereocenters. The van der Waals surface area contributed by atoms with Crippen LogP contribution in [0, 0.1) is 0 Å². The van der Waals surface area contributed by atoms with E-state index in [9.17, 15) is 14.7 Å². The molecule has 5 rings (SSSR count). The van der Waals surface area contributed by atoms with Gasteiger partial charge in [-0.15, -0.1) is 0 Å². The lowest BCUT2D eigenvalue weighted by Gasteiger charge is -2.28. The smallest absolute Gasteiger partial charge is 0.251 e. The number of benzene rings is 3. The average molecular weight is 600 g/mol. The fraction of sp³-hybridized carbons (Fsp3) is 0.444. The lowest BCUT2D eigenvalue weighted by atomic mass is 9.95. The van der Waals surface area contributed by atoms with Crippen molar-refractivity contribution in [2.45, 2.75) is 76.5 Å². The number of aliphatic hydroxyl groups is 1. The van der Waals surface area contributed by atoms with Gasteiger partial charge in [0.25, 0.3) is 5.91 Å². The van der Waals surface area contributed by atoms with Gasteiger partial charge in [-0.05, 0) is 85.9 Å². The third-order valence-corrected chi connectivity index (χ3v) is 8.42. The van der Waals surface area contributed by atoms with Gasteiger partial charge in [0.2, 0.25) is 0 Å². The summed E-state index contributed by atoms with van der Waals surface area (Å²) in [7, 11) is 0. The quantitative estimate of drug-likeness (QED) is 0.263. The Morgan fingerprint density at radius 3 is 2.68 bits per heavy atom. The van der Waals surface area contributed by atoms with E-state index in [-0.39, 0.29) is 23.8 Å². The lowest BCUT2D eigenvalue weighted by molar-refractivity contribution is -0.118. The Balaban J connectivity index is 1.38. The molecule has 4 N–H and O–H groups in total. The first-order chi connectivity index (χ1) is 21.2. The summed E-state index contributed by atoms with van der Waals surface area (Å²) in [5, 5.41) is 21.7. The molecule has 234 valence electrons. The first-order valence-electron chi connectivity index (χ1n) is 15.8. The molecule has 1 amide bonds. The third kappa shape index (κ3) is 8.39. The van der Waals surface area contributed by atoms with Crippen molar-refractivity contribution < 1.29 is 24.2 Å². The van der Waals surface area contributed by atoms with Crippen LogP contribution in [0.25, 0.3) is 0 Å². The van der Waals surface area contributed by atoms with Crippen LogP contribution in [-0.2, 0) is 16.8 Å². The molecule has 0 unspecified atom stereocenters. The summed E-state index contributed by atoms with van der Waals surface area (Å²) in [6.45, 7) is 7.37. The molecule has 1 aliphatic carbocycles. The molecule has 3 aromatic carbocycles. The molecule has 4 bridgehead atoms. The first-order valence-corrected chi connectivity index (χ1v) is 15.8. The number of rotatable bonds is 9. The molecular weight excluding hydrogens is 554 g/mol. The number of amides is 1. The highest BCUT2D eigenvalue weighted by Crippen LogP contribution is 2.46. The minimum atomic E-state index is -0.858. The third-order valence-electron chi connectivity index (χ3n) is 8.42. The molecule has 0 spiro atoms. The van der Waals surface area contributed by atoms with Crippen LogP contribution in [0.3, 0.4) is 0 Å². The fourth-order valence-electron chi connectivity index (χ4n) is 5.63. The molecule has 44 heavy (non-hydrogen) atoms. The zero-order valence-electron chi connectivity index (χ0n) is 26.0. The normalized spacial score (nSPS) is 18.8. The largest absolute Gasteiger partial charge is 0.494 e. The summed E-state index contributed by atoms with van der Waals surface area (Å²) in [6.07, 6.45) is 3.31. The number of ether oxygens (including phenoxy) is 2. The van der Waals surface area contributed by atoms with Gasteiger partial charge in [-0.3, -0.25) is 9.59 Å². The van der Waals surface area contributed by atoms with E-state index in [0.29, 0.717) is 43.3 Å². The van der Waals surface area contributed by atoms with Gasteiger partial charge >= 0.3 is 0 Å². The fourth-order valence-corrected chi connectivity index (χ4v) is 5.63. The number of Topliss-reactive ketones (excluding diaryl/α,β-unsaturated/α-hetero) is 1. The van der Waals surface area contributed by atoms with Gasteiger partial charge in [-0.1, -0.05) is 50.2 Å². The van der Waals surface area contributed by atoms with E-state index in [1.807, 2.05) is 24.3 Å².